The number of nitrogens with one attached hydrogen (secondary N) is 2. The minimum atomic E-state index is 0. The van der Waals surface area contributed by atoms with Crippen molar-refractivity contribution in [2.45, 2.75) is 39.2 Å². The fourth-order valence-corrected chi connectivity index (χ4v) is 3.06. The Morgan fingerprint density at radius 2 is 1.89 bits per heavy atom. The molecule has 27 heavy (non-hydrogen) atoms. The SMILES string of the molecule is CCOCCCNC(=NC)NCCCC(=O)N1CCc2ccccc2C1.I. The van der Waals surface area contributed by atoms with Crippen LogP contribution in [0.4, 0.5) is 0 Å². The van der Waals surface area contributed by atoms with Gasteiger partial charge in [0.05, 0.1) is 0 Å². The van der Waals surface area contributed by atoms with Crippen LogP contribution in [0.3, 0.4) is 0 Å². The van der Waals surface area contributed by atoms with Crippen LogP contribution in [0, 0.1) is 0 Å². The van der Waals surface area contributed by atoms with Crippen molar-refractivity contribution < 1.29 is 9.53 Å². The molecule has 0 fully saturated rings. The van der Waals surface area contributed by atoms with E-state index in [4.69, 9.17) is 4.74 Å². The molecule has 0 bridgehead atoms. The van der Waals surface area contributed by atoms with Crippen molar-refractivity contribution in [2.24, 2.45) is 4.99 Å². The van der Waals surface area contributed by atoms with Gasteiger partial charge < -0.3 is 20.3 Å². The second kappa shape index (κ2) is 13.8. The Kier molecular flexibility index (Phi) is 12.1. The van der Waals surface area contributed by atoms with E-state index in [2.05, 4.69) is 33.8 Å². The summed E-state index contributed by atoms with van der Waals surface area (Å²) in [4.78, 5) is 18.6. The summed E-state index contributed by atoms with van der Waals surface area (Å²) in [6, 6.07) is 8.40. The van der Waals surface area contributed by atoms with Gasteiger partial charge in [0.2, 0.25) is 5.91 Å². The van der Waals surface area contributed by atoms with E-state index in [1.807, 2.05) is 17.9 Å². The quantitative estimate of drug-likeness (QED) is 0.243. The van der Waals surface area contributed by atoms with Crippen molar-refractivity contribution in [2.75, 3.05) is 39.9 Å². The second-order valence-corrected chi connectivity index (χ2v) is 6.41. The van der Waals surface area contributed by atoms with Crippen molar-refractivity contribution >= 4 is 35.8 Å². The minimum absolute atomic E-state index is 0. The number of benzene rings is 1. The van der Waals surface area contributed by atoms with Gasteiger partial charge in [-0.2, -0.15) is 0 Å². The molecule has 0 aliphatic carbocycles. The van der Waals surface area contributed by atoms with Gasteiger partial charge in [-0.3, -0.25) is 9.79 Å². The maximum atomic E-state index is 12.4. The smallest absolute Gasteiger partial charge is 0.222 e. The fourth-order valence-electron chi connectivity index (χ4n) is 3.06. The number of hydrogen-bond acceptors (Lipinski definition) is 3. The summed E-state index contributed by atoms with van der Waals surface area (Å²) in [5.74, 6) is 1.02. The first-order valence-corrected chi connectivity index (χ1v) is 9.61. The minimum Gasteiger partial charge on any atom is -0.382 e. The first kappa shape index (κ1) is 23.7. The zero-order valence-electron chi connectivity index (χ0n) is 16.5. The van der Waals surface area contributed by atoms with Gasteiger partial charge in [0.15, 0.2) is 5.96 Å². The van der Waals surface area contributed by atoms with Crippen molar-refractivity contribution in [3.05, 3.63) is 35.4 Å². The van der Waals surface area contributed by atoms with Gasteiger partial charge in [0.25, 0.3) is 0 Å². The van der Waals surface area contributed by atoms with Crippen LogP contribution < -0.4 is 10.6 Å². The van der Waals surface area contributed by atoms with E-state index < -0.39 is 0 Å². The van der Waals surface area contributed by atoms with Crippen LogP contribution in [-0.2, 0) is 22.5 Å². The Bertz CT molecular complexity index is 595. The van der Waals surface area contributed by atoms with Gasteiger partial charge in [-0.15, -0.1) is 24.0 Å². The summed E-state index contributed by atoms with van der Waals surface area (Å²) >= 11 is 0. The van der Waals surface area contributed by atoms with Crippen LogP contribution in [0.2, 0.25) is 0 Å². The molecule has 152 valence electrons. The van der Waals surface area contributed by atoms with Gasteiger partial charge in [0.1, 0.15) is 0 Å². The van der Waals surface area contributed by atoms with Crippen LogP contribution >= 0.6 is 24.0 Å². The summed E-state index contributed by atoms with van der Waals surface area (Å²) in [6.07, 6.45) is 3.27. The molecular formula is C20H33IN4O2. The number of ether oxygens (including phenoxy) is 1. The molecule has 2 N–H and O–H groups in total. The number of rotatable bonds is 9. The number of aliphatic imine (C=N–C) groups is 1. The molecule has 1 aromatic carbocycles. The summed E-state index contributed by atoms with van der Waals surface area (Å²) in [5, 5.41) is 6.52. The average Bonchev–Trinajstić information content (AvgIpc) is 2.68. The molecule has 0 spiro atoms. The van der Waals surface area contributed by atoms with E-state index in [1.165, 1.54) is 11.1 Å². The van der Waals surface area contributed by atoms with Crippen molar-refractivity contribution in [3.8, 4) is 0 Å². The van der Waals surface area contributed by atoms with Crippen LogP contribution in [0.5, 0.6) is 0 Å². The largest absolute Gasteiger partial charge is 0.382 e. The Balaban J connectivity index is 0.00000364. The predicted octanol–water partition coefficient (Wildman–Crippen LogP) is 2.56. The van der Waals surface area contributed by atoms with Gasteiger partial charge in [0, 0.05) is 52.9 Å². The lowest BCUT2D eigenvalue weighted by molar-refractivity contribution is -0.132. The zero-order valence-corrected chi connectivity index (χ0v) is 18.8. The number of nitrogens with zero attached hydrogens (tertiary/aromatic N) is 2. The maximum absolute atomic E-state index is 12.4. The third kappa shape index (κ3) is 8.47. The third-order valence-electron chi connectivity index (χ3n) is 4.53. The number of guanidine groups is 1. The highest BCUT2D eigenvalue weighted by atomic mass is 127. The van der Waals surface area contributed by atoms with E-state index in [9.17, 15) is 4.79 Å². The monoisotopic (exact) mass is 488 g/mol. The van der Waals surface area contributed by atoms with Gasteiger partial charge in [-0.05, 0) is 37.3 Å². The predicted molar refractivity (Wildman–Crippen MR) is 121 cm³/mol. The molecule has 0 atom stereocenters. The van der Waals surface area contributed by atoms with Crippen molar-refractivity contribution in [1.82, 2.24) is 15.5 Å². The highest BCUT2D eigenvalue weighted by Gasteiger charge is 2.19. The third-order valence-corrected chi connectivity index (χ3v) is 4.53. The molecule has 0 aromatic heterocycles. The molecule has 0 radical (unpaired) electrons. The van der Waals surface area contributed by atoms with Crippen molar-refractivity contribution in [1.29, 1.82) is 0 Å². The Hall–Kier alpha value is -1.35. The molecule has 6 nitrogen and oxygen atoms in total. The molecule has 1 amide bonds. The topological polar surface area (TPSA) is 66.0 Å². The highest BCUT2D eigenvalue weighted by Crippen LogP contribution is 2.19. The second-order valence-electron chi connectivity index (χ2n) is 6.41. The molecular weight excluding hydrogens is 455 g/mol. The van der Waals surface area contributed by atoms with Gasteiger partial charge in [-0.1, -0.05) is 24.3 Å². The lowest BCUT2D eigenvalue weighted by Gasteiger charge is -2.29. The lowest BCUT2D eigenvalue weighted by atomic mass is 9.99. The maximum Gasteiger partial charge on any atom is 0.222 e. The number of halogens is 1. The molecule has 0 unspecified atom stereocenters. The first-order chi connectivity index (χ1) is 12.7. The molecule has 1 aromatic rings. The summed E-state index contributed by atoms with van der Waals surface area (Å²) in [5.41, 5.74) is 2.65. The number of amides is 1. The van der Waals surface area contributed by atoms with Crippen molar-refractivity contribution in [3.63, 3.8) is 0 Å². The zero-order chi connectivity index (χ0) is 18.6. The van der Waals surface area contributed by atoms with Crippen LogP contribution in [0.25, 0.3) is 0 Å². The first-order valence-electron chi connectivity index (χ1n) is 9.61. The summed E-state index contributed by atoms with van der Waals surface area (Å²) in [6.45, 7) is 6.64. The van der Waals surface area contributed by atoms with Crippen LogP contribution in [0.15, 0.2) is 29.3 Å². The summed E-state index contributed by atoms with van der Waals surface area (Å²) in [7, 11) is 1.76. The Morgan fingerprint density at radius 3 is 2.59 bits per heavy atom. The molecule has 1 aliphatic rings. The molecule has 2 rings (SSSR count). The molecule has 0 saturated heterocycles. The van der Waals surface area contributed by atoms with Gasteiger partial charge in [-0.25, -0.2) is 0 Å². The number of hydrogen-bond donors (Lipinski definition) is 2. The standard InChI is InChI=1S/C20H32N4O2.HI/c1-3-26-15-7-13-23-20(21-2)22-12-6-10-19(25)24-14-11-17-8-4-5-9-18(17)16-24;/h4-5,8-9H,3,6-7,10-16H2,1-2H3,(H2,21,22,23);1H. The molecule has 1 heterocycles. The Labute approximate surface area is 180 Å². The van der Waals surface area contributed by atoms with Crippen LogP contribution in [-0.4, -0.2) is 56.7 Å². The normalized spacial score (nSPS) is 13.6. The van der Waals surface area contributed by atoms with E-state index in [0.29, 0.717) is 6.42 Å². The Morgan fingerprint density at radius 1 is 1.19 bits per heavy atom. The molecule has 1 aliphatic heterocycles. The molecule has 0 saturated carbocycles. The van der Waals surface area contributed by atoms with E-state index in [1.54, 1.807) is 7.05 Å². The summed E-state index contributed by atoms with van der Waals surface area (Å²) < 4.78 is 5.31. The van der Waals surface area contributed by atoms with Crippen LogP contribution in [0.1, 0.15) is 37.3 Å². The van der Waals surface area contributed by atoms with E-state index in [-0.39, 0.29) is 29.9 Å². The molecule has 7 heteroatoms. The lowest BCUT2D eigenvalue weighted by Crippen LogP contribution is -2.39. The number of fused-ring (bicyclic) bond motifs is 1. The van der Waals surface area contributed by atoms with Gasteiger partial charge >= 0.3 is 0 Å². The average molecular weight is 488 g/mol. The van der Waals surface area contributed by atoms with E-state index >= 15 is 0 Å². The fraction of sp³-hybridized carbons (Fsp3) is 0.600. The highest BCUT2D eigenvalue weighted by molar-refractivity contribution is 14.0. The number of carbonyl (C=O) groups excluding carboxylic acids is 1. The number of carbonyl (C=O) groups is 1. The van der Waals surface area contributed by atoms with E-state index in [0.717, 1.165) is 64.6 Å².